The summed E-state index contributed by atoms with van der Waals surface area (Å²) in [6.07, 6.45) is 7.89. The third-order valence-electron chi connectivity index (χ3n) is 6.48. The first-order valence-corrected chi connectivity index (χ1v) is 11.3. The van der Waals surface area contributed by atoms with Gasteiger partial charge in [0.05, 0.1) is 44.5 Å². The molecule has 1 aromatic carbocycles. The fourth-order valence-electron chi connectivity index (χ4n) is 4.81. The number of piperidine rings is 2. The minimum atomic E-state index is 0.352. The van der Waals surface area contributed by atoms with Gasteiger partial charge in [-0.1, -0.05) is 0 Å². The first-order valence-electron chi connectivity index (χ1n) is 11.3. The van der Waals surface area contributed by atoms with Crippen LogP contribution in [0.25, 0.3) is 11.3 Å². The molecule has 2 saturated heterocycles. The smallest absolute Gasteiger partial charge is 0.150 e. The first kappa shape index (κ1) is 20.2. The van der Waals surface area contributed by atoms with E-state index in [1.807, 2.05) is 24.3 Å². The maximum Gasteiger partial charge on any atom is 0.150 e. The fourth-order valence-corrected chi connectivity index (χ4v) is 4.81. The molecule has 0 amide bonds. The van der Waals surface area contributed by atoms with Gasteiger partial charge in [0.2, 0.25) is 0 Å². The summed E-state index contributed by atoms with van der Waals surface area (Å²) in [5.74, 6) is 1.17. The summed E-state index contributed by atoms with van der Waals surface area (Å²) in [7, 11) is 1.67. The molecule has 29 heavy (non-hydrogen) atoms. The molecule has 156 valence electrons. The second kappa shape index (κ2) is 9.59. The van der Waals surface area contributed by atoms with Crippen LogP contribution in [0.3, 0.4) is 0 Å². The number of aromatic nitrogens is 1. The van der Waals surface area contributed by atoms with Crippen LogP contribution in [-0.2, 0) is 13.1 Å². The predicted molar refractivity (Wildman–Crippen MR) is 114 cm³/mol. The van der Waals surface area contributed by atoms with Crippen LogP contribution in [0.4, 0.5) is 0 Å². The van der Waals surface area contributed by atoms with Crippen LogP contribution in [0, 0.1) is 0 Å². The number of rotatable bonds is 6. The number of quaternary nitrogens is 2. The molecule has 0 unspecified atom stereocenters. The summed E-state index contributed by atoms with van der Waals surface area (Å²) in [4.78, 5) is 8.12. The zero-order valence-corrected chi connectivity index (χ0v) is 17.7. The fraction of sp³-hybridized carbons (Fsp3) is 0.542. The maximum atomic E-state index is 11.1. The molecule has 0 aliphatic carbocycles. The van der Waals surface area contributed by atoms with E-state index in [-0.39, 0.29) is 0 Å². The molecule has 1 aromatic heterocycles. The van der Waals surface area contributed by atoms with Crippen molar-refractivity contribution in [3.05, 3.63) is 41.6 Å². The second-order valence-electron chi connectivity index (χ2n) is 8.67. The summed E-state index contributed by atoms with van der Waals surface area (Å²) in [5.41, 5.74) is 3.83. The van der Waals surface area contributed by atoms with E-state index in [2.05, 4.69) is 6.07 Å². The largest absolute Gasteiger partial charge is 0.505 e. The van der Waals surface area contributed by atoms with Gasteiger partial charge in [-0.25, -0.2) is 4.98 Å². The standard InChI is InChI=1S/C24H33N3O2/c1-29-22-10-8-19(9-11-22)23-24(28)20(17-26-12-4-2-5-13-26)16-21(25-23)18-27-14-6-3-7-15-27/h8-11,16,28H,2-7,12-15,17-18H2,1H3/p+2. The highest BCUT2D eigenvalue weighted by molar-refractivity contribution is 5.68. The SMILES string of the molecule is COc1ccc(-c2nc(C[NH+]3CCCCC3)cc(C[NH+]3CCCCC3)c2O)cc1. The van der Waals surface area contributed by atoms with Gasteiger partial charge in [0, 0.05) is 5.56 Å². The Morgan fingerprint density at radius 3 is 2.03 bits per heavy atom. The van der Waals surface area contributed by atoms with Crippen molar-refractivity contribution in [2.45, 2.75) is 51.6 Å². The van der Waals surface area contributed by atoms with Gasteiger partial charge in [-0.3, -0.25) is 0 Å². The van der Waals surface area contributed by atoms with Crippen LogP contribution in [-0.4, -0.2) is 43.4 Å². The van der Waals surface area contributed by atoms with E-state index < -0.39 is 0 Å². The monoisotopic (exact) mass is 397 g/mol. The van der Waals surface area contributed by atoms with Gasteiger partial charge in [-0.05, 0) is 68.9 Å². The number of hydrogen-bond donors (Lipinski definition) is 3. The molecule has 0 spiro atoms. The van der Waals surface area contributed by atoms with Crippen molar-refractivity contribution in [2.24, 2.45) is 0 Å². The average Bonchev–Trinajstić information content (AvgIpc) is 2.77. The minimum absolute atomic E-state index is 0.352. The van der Waals surface area contributed by atoms with E-state index in [9.17, 15) is 5.11 Å². The van der Waals surface area contributed by atoms with Gasteiger partial charge < -0.3 is 19.6 Å². The number of ether oxygens (including phenoxy) is 1. The van der Waals surface area contributed by atoms with E-state index in [0.717, 1.165) is 35.7 Å². The Balaban J connectivity index is 1.65. The van der Waals surface area contributed by atoms with Crippen LogP contribution in [0.5, 0.6) is 11.5 Å². The normalized spacial score (nSPS) is 18.7. The Kier molecular flexibility index (Phi) is 6.67. The molecular weight excluding hydrogens is 362 g/mol. The van der Waals surface area contributed by atoms with E-state index in [0.29, 0.717) is 11.4 Å². The van der Waals surface area contributed by atoms with Crippen molar-refractivity contribution in [3.8, 4) is 22.8 Å². The quantitative estimate of drug-likeness (QED) is 0.694. The van der Waals surface area contributed by atoms with Crippen molar-refractivity contribution >= 4 is 0 Å². The van der Waals surface area contributed by atoms with Crippen LogP contribution in [0.1, 0.15) is 49.8 Å². The van der Waals surface area contributed by atoms with Crippen molar-refractivity contribution in [1.29, 1.82) is 0 Å². The van der Waals surface area contributed by atoms with Gasteiger partial charge >= 0.3 is 0 Å². The highest BCUT2D eigenvalue weighted by atomic mass is 16.5. The third kappa shape index (κ3) is 5.09. The number of nitrogens with zero attached hydrogens (tertiary/aromatic N) is 1. The molecule has 2 aromatic rings. The summed E-state index contributed by atoms with van der Waals surface area (Å²) < 4.78 is 5.29. The molecule has 0 atom stereocenters. The molecule has 0 saturated carbocycles. The van der Waals surface area contributed by atoms with Crippen LogP contribution < -0.4 is 14.5 Å². The van der Waals surface area contributed by atoms with Crippen molar-refractivity contribution < 1.29 is 19.6 Å². The molecule has 3 heterocycles. The number of likely N-dealkylation sites (tertiary alicyclic amines) is 2. The molecule has 0 bridgehead atoms. The Morgan fingerprint density at radius 2 is 1.45 bits per heavy atom. The molecule has 3 N–H and O–H groups in total. The lowest BCUT2D eigenvalue weighted by atomic mass is 10.0. The number of aromatic hydroxyl groups is 1. The summed E-state index contributed by atoms with van der Waals surface area (Å²) in [6, 6.07) is 10.0. The zero-order valence-electron chi connectivity index (χ0n) is 17.7. The van der Waals surface area contributed by atoms with Crippen LogP contribution in [0.15, 0.2) is 30.3 Å². The minimum Gasteiger partial charge on any atom is -0.505 e. The number of hydrogen-bond acceptors (Lipinski definition) is 3. The Labute approximate surface area is 174 Å². The Hall–Kier alpha value is -2.11. The third-order valence-corrected chi connectivity index (χ3v) is 6.48. The van der Waals surface area contributed by atoms with Crippen LogP contribution in [0.2, 0.25) is 0 Å². The molecule has 5 heteroatoms. The van der Waals surface area contributed by atoms with Crippen LogP contribution >= 0.6 is 0 Å². The first-order chi connectivity index (χ1) is 14.2. The highest BCUT2D eigenvalue weighted by Crippen LogP contribution is 2.32. The average molecular weight is 398 g/mol. The second-order valence-corrected chi connectivity index (χ2v) is 8.67. The molecule has 5 nitrogen and oxygen atoms in total. The number of methoxy groups -OCH3 is 1. The molecule has 2 fully saturated rings. The lowest BCUT2D eigenvalue weighted by molar-refractivity contribution is -0.919. The van der Waals surface area contributed by atoms with E-state index in [1.54, 1.807) is 16.9 Å². The number of pyridine rings is 1. The zero-order chi connectivity index (χ0) is 20.1. The lowest BCUT2D eigenvalue weighted by Gasteiger charge is -2.25. The Bertz CT molecular complexity index is 795. The van der Waals surface area contributed by atoms with Gasteiger partial charge in [0.25, 0.3) is 0 Å². The van der Waals surface area contributed by atoms with E-state index >= 15 is 0 Å². The number of nitrogens with one attached hydrogen (secondary N) is 2. The Morgan fingerprint density at radius 1 is 0.862 bits per heavy atom. The topological polar surface area (TPSA) is 51.2 Å². The molecule has 2 aliphatic heterocycles. The molecule has 4 rings (SSSR count). The van der Waals surface area contributed by atoms with Crippen molar-refractivity contribution in [2.75, 3.05) is 33.3 Å². The molecule has 2 aliphatic rings. The van der Waals surface area contributed by atoms with E-state index in [1.165, 1.54) is 64.7 Å². The maximum absolute atomic E-state index is 11.1. The summed E-state index contributed by atoms with van der Waals surface area (Å²) in [5, 5.41) is 11.1. The van der Waals surface area contributed by atoms with Gasteiger partial charge in [-0.15, -0.1) is 0 Å². The highest BCUT2D eigenvalue weighted by Gasteiger charge is 2.22. The number of benzene rings is 1. The molecule has 0 radical (unpaired) electrons. The lowest BCUT2D eigenvalue weighted by Crippen LogP contribution is -3.11. The van der Waals surface area contributed by atoms with Crippen molar-refractivity contribution in [1.82, 2.24) is 4.98 Å². The van der Waals surface area contributed by atoms with Gasteiger partial charge in [-0.2, -0.15) is 0 Å². The van der Waals surface area contributed by atoms with Gasteiger partial charge in [0.15, 0.2) is 5.75 Å². The molecular formula is C24H35N3O2+2. The van der Waals surface area contributed by atoms with E-state index in [4.69, 9.17) is 9.72 Å². The van der Waals surface area contributed by atoms with Crippen molar-refractivity contribution in [3.63, 3.8) is 0 Å². The summed E-state index contributed by atoms with van der Waals surface area (Å²) in [6.45, 7) is 6.70. The van der Waals surface area contributed by atoms with Gasteiger partial charge in [0.1, 0.15) is 24.5 Å². The predicted octanol–water partition coefficient (Wildman–Crippen LogP) is 1.60. The summed E-state index contributed by atoms with van der Waals surface area (Å²) >= 11 is 0.